The largest absolute Gasteiger partial charge is 0.465 e. The molecule has 0 aliphatic heterocycles. The van der Waals surface area contributed by atoms with Gasteiger partial charge in [-0.05, 0) is 12.1 Å². The number of rotatable bonds is 4. The van der Waals surface area contributed by atoms with Gasteiger partial charge in [-0.2, -0.15) is 0 Å². The molecule has 17 heavy (non-hydrogen) atoms. The van der Waals surface area contributed by atoms with E-state index in [9.17, 15) is 4.79 Å². The van der Waals surface area contributed by atoms with Crippen molar-refractivity contribution in [2.24, 2.45) is 0 Å². The van der Waals surface area contributed by atoms with E-state index in [0.717, 1.165) is 10.8 Å². The van der Waals surface area contributed by atoms with Crippen LogP contribution in [0.3, 0.4) is 0 Å². The fourth-order valence-electron chi connectivity index (χ4n) is 1.23. The molecule has 0 spiro atoms. The number of thiazole rings is 1. The van der Waals surface area contributed by atoms with Crippen LogP contribution in [0.4, 0.5) is 0 Å². The molecule has 5 heteroatoms. The molecule has 0 radical (unpaired) electrons. The summed E-state index contributed by atoms with van der Waals surface area (Å²) in [4.78, 5) is 17.2. The fourth-order valence-corrected chi connectivity index (χ4v) is 2.99. The van der Waals surface area contributed by atoms with Crippen molar-refractivity contribution in [3.05, 3.63) is 46.4 Å². The van der Waals surface area contributed by atoms with Gasteiger partial charge < -0.3 is 4.74 Å². The highest BCUT2D eigenvalue weighted by Gasteiger charge is 2.10. The second-order valence-corrected chi connectivity index (χ2v) is 5.38. The third kappa shape index (κ3) is 3.31. The van der Waals surface area contributed by atoms with Crippen molar-refractivity contribution in [3.63, 3.8) is 0 Å². The topological polar surface area (TPSA) is 39.2 Å². The quantitative estimate of drug-likeness (QED) is 0.628. The van der Waals surface area contributed by atoms with Crippen LogP contribution in [0.25, 0.3) is 0 Å². The summed E-state index contributed by atoms with van der Waals surface area (Å²) in [5.41, 5.74) is 0. The van der Waals surface area contributed by atoms with Gasteiger partial charge in [0.2, 0.25) is 0 Å². The summed E-state index contributed by atoms with van der Waals surface area (Å²) in [6.07, 6.45) is 1.57. The van der Waals surface area contributed by atoms with E-state index < -0.39 is 0 Å². The monoisotopic (exact) mass is 265 g/mol. The normalized spacial score (nSPS) is 10.2. The molecule has 0 fully saturated rings. The minimum absolute atomic E-state index is 0.321. The molecule has 0 N–H and O–H groups in total. The van der Waals surface area contributed by atoms with Crippen LogP contribution in [-0.2, 0) is 10.5 Å². The summed E-state index contributed by atoms with van der Waals surface area (Å²) < 4.78 is 4.64. The average molecular weight is 265 g/mol. The average Bonchev–Trinajstić information content (AvgIpc) is 2.85. The summed E-state index contributed by atoms with van der Waals surface area (Å²) in [7, 11) is 1.38. The van der Waals surface area contributed by atoms with Crippen molar-refractivity contribution in [1.82, 2.24) is 4.98 Å². The van der Waals surface area contributed by atoms with Crippen LogP contribution in [0, 0.1) is 0 Å². The lowest BCUT2D eigenvalue weighted by atomic mass is 10.4. The summed E-state index contributed by atoms with van der Waals surface area (Å²) >= 11 is 3.08. The van der Waals surface area contributed by atoms with Gasteiger partial charge in [0.1, 0.15) is 9.88 Å². The Morgan fingerprint density at radius 2 is 2.18 bits per heavy atom. The summed E-state index contributed by atoms with van der Waals surface area (Å²) in [6, 6.07) is 10.1. The lowest BCUT2D eigenvalue weighted by Gasteiger charge is -1.97. The minimum atomic E-state index is -0.321. The number of nitrogens with zero attached hydrogens (tertiary/aromatic N) is 1. The Bertz CT molecular complexity index is 496. The highest BCUT2D eigenvalue weighted by atomic mass is 32.2. The summed E-state index contributed by atoms with van der Waals surface area (Å²) in [5.74, 6) is 0.449. The predicted octanol–water partition coefficient (Wildman–Crippen LogP) is 3.22. The third-order valence-electron chi connectivity index (χ3n) is 2.05. The van der Waals surface area contributed by atoms with E-state index in [1.54, 1.807) is 18.0 Å². The van der Waals surface area contributed by atoms with Crippen molar-refractivity contribution in [1.29, 1.82) is 0 Å². The number of hydrogen-bond acceptors (Lipinski definition) is 5. The Kier molecular flexibility index (Phi) is 4.17. The third-order valence-corrected chi connectivity index (χ3v) is 4.23. The lowest BCUT2D eigenvalue weighted by Crippen LogP contribution is -1.96. The molecule has 88 valence electrons. The van der Waals surface area contributed by atoms with E-state index in [1.807, 2.05) is 18.2 Å². The molecule has 1 aromatic heterocycles. The van der Waals surface area contributed by atoms with Gasteiger partial charge in [-0.1, -0.05) is 18.2 Å². The number of benzene rings is 1. The van der Waals surface area contributed by atoms with Gasteiger partial charge in [0.05, 0.1) is 19.1 Å². The van der Waals surface area contributed by atoms with Gasteiger partial charge in [0, 0.05) is 4.90 Å². The van der Waals surface area contributed by atoms with Crippen molar-refractivity contribution >= 4 is 29.1 Å². The Labute approximate surface area is 108 Å². The predicted molar refractivity (Wildman–Crippen MR) is 69.5 cm³/mol. The first-order valence-corrected chi connectivity index (χ1v) is 6.80. The second kappa shape index (κ2) is 5.84. The standard InChI is InChI=1S/C12H11NO2S2/c1-15-12(14)10-7-13-11(17-10)8-16-9-5-3-2-4-6-9/h2-7H,8H2,1H3. The molecule has 2 aromatic rings. The molecule has 0 amide bonds. The molecule has 0 unspecified atom stereocenters. The molecule has 0 aliphatic rings. The Morgan fingerprint density at radius 3 is 2.88 bits per heavy atom. The minimum Gasteiger partial charge on any atom is -0.465 e. The van der Waals surface area contributed by atoms with Crippen LogP contribution < -0.4 is 0 Å². The van der Waals surface area contributed by atoms with E-state index in [4.69, 9.17) is 0 Å². The van der Waals surface area contributed by atoms with Gasteiger partial charge in [-0.15, -0.1) is 23.1 Å². The maximum Gasteiger partial charge on any atom is 0.349 e. The summed E-state index contributed by atoms with van der Waals surface area (Å²) in [5, 5.41) is 0.930. The van der Waals surface area contributed by atoms with Crippen LogP contribution in [0.15, 0.2) is 41.4 Å². The van der Waals surface area contributed by atoms with Crippen molar-refractivity contribution in [3.8, 4) is 0 Å². The molecule has 0 bridgehead atoms. The van der Waals surface area contributed by atoms with Crippen LogP contribution in [-0.4, -0.2) is 18.1 Å². The molecule has 0 atom stereocenters. The van der Waals surface area contributed by atoms with Gasteiger partial charge in [0.25, 0.3) is 0 Å². The maximum atomic E-state index is 11.2. The molecule has 3 nitrogen and oxygen atoms in total. The van der Waals surface area contributed by atoms with Crippen molar-refractivity contribution < 1.29 is 9.53 Å². The number of methoxy groups -OCH3 is 1. The van der Waals surface area contributed by atoms with E-state index in [-0.39, 0.29) is 5.97 Å². The number of carbonyl (C=O) groups excluding carboxylic acids is 1. The summed E-state index contributed by atoms with van der Waals surface area (Å²) in [6.45, 7) is 0. The van der Waals surface area contributed by atoms with E-state index in [2.05, 4.69) is 21.9 Å². The number of esters is 1. The van der Waals surface area contributed by atoms with E-state index in [0.29, 0.717) is 4.88 Å². The Balaban J connectivity index is 1.96. The Hall–Kier alpha value is -1.33. The molecule has 0 saturated carbocycles. The molecular formula is C12H11NO2S2. The van der Waals surface area contributed by atoms with Gasteiger partial charge in [-0.3, -0.25) is 0 Å². The number of carbonyl (C=O) groups is 1. The van der Waals surface area contributed by atoms with Crippen LogP contribution in [0.2, 0.25) is 0 Å². The molecule has 0 saturated heterocycles. The number of hydrogen-bond donors (Lipinski definition) is 0. The zero-order chi connectivity index (χ0) is 12.1. The van der Waals surface area contributed by atoms with Gasteiger partial charge in [0.15, 0.2) is 0 Å². The zero-order valence-electron chi connectivity index (χ0n) is 9.25. The van der Waals surface area contributed by atoms with Crippen LogP contribution in [0.1, 0.15) is 14.7 Å². The fraction of sp³-hybridized carbons (Fsp3) is 0.167. The number of thioether (sulfide) groups is 1. The van der Waals surface area contributed by atoms with E-state index in [1.165, 1.54) is 23.3 Å². The first-order chi connectivity index (χ1) is 8.29. The molecule has 1 heterocycles. The highest BCUT2D eigenvalue weighted by molar-refractivity contribution is 7.98. The van der Waals surface area contributed by atoms with Gasteiger partial charge in [-0.25, -0.2) is 9.78 Å². The molecule has 1 aromatic carbocycles. The second-order valence-electron chi connectivity index (χ2n) is 3.21. The number of ether oxygens (including phenoxy) is 1. The van der Waals surface area contributed by atoms with Crippen molar-refractivity contribution in [2.75, 3.05) is 7.11 Å². The van der Waals surface area contributed by atoms with Gasteiger partial charge >= 0.3 is 5.97 Å². The first kappa shape index (κ1) is 12.1. The zero-order valence-corrected chi connectivity index (χ0v) is 10.9. The Morgan fingerprint density at radius 1 is 1.41 bits per heavy atom. The van der Waals surface area contributed by atoms with Crippen LogP contribution >= 0.6 is 23.1 Å². The molecule has 2 rings (SSSR count). The molecule has 0 aliphatic carbocycles. The SMILES string of the molecule is COC(=O)c1cnc(CSc2ccccc2)s1. The first-order valence-electron chi connectivity index (χ1n) is 5.00. The van der Waals surface area contributed by atoms with Crippen LogP contribution in [0.5, 0.6) is 0 Å². The maximum absolute atomic E-state index is 11.2. The van der Waals surface area contributed by atoms with Crippen molar-refractivity contribution in [2.45, 2.75) is 10.6 Å². The molecular weight excluding hydrogens is 254 g/mol. The van der Waals surface area contributed by atoms with E-state index >= 15 is 0 Å². The smallest absolute Gasteiger partial charge is 0.349 e. The lowest BCUT2D eigenvalue weighted by molar-refractivity contribution is 0.0606. The highest BCUT2D eigenvalue weighted by Crippen LogP contribution is 2.25. The number of aromatic nitrogens is 1.